The number of anilines is 1. The van der Waals surface area contributed by atoms with Gasteiger partial charge in [0, 0.05) is 11.5 Å². The predicted molar refractivity (Wildman–Crippen MR) is 72.8 cm³/mol. The summed E-state index contributed by atoms with van der Waals surface area (Å²) in [5, 5.41) is 2.80. The fraction of sp³-hybridized carbons (Fsp3) is 0.200. The highest BCUT2D eigenvalue weighted by Gasteiger charge is 2.17. The van der Waals surface area contributed by atoms with Gasteiger partial charge in [0.25, 0.3) is 11.5 Å². The Morgan fingerprint density at radius 2 is 2.28 bits per heavy atom. The third kappa shape index (κ3) is 2.46. The molecular weight excluding hydrogens is 348 g/mol. The summed E-state index contributed by atoms with van der Waals surface area (Å²) in [4.78, 5) is 15.3. The van der Waals surface area contributed by atoms with Gasteiger partial charge < -0.3 is 4.57 Å². The topological polar surface area (TPSA) is 46.9 Å². The van der Waals surface area contributed by atoms with Crippen molar-refractivity contribution < 1.29 is 9.18 Å². The number of hydrogen-bond donors (Lipinski definition) is 1. The monoisotopic (exact) mass is 353 g/mol. The van der Waals surface area contributed by atoms with Gasteiger partial charge in [-0.15, -0.1) is 0 Å². The van der Waals surface area contributed by atoms with E-state index in [0.717, 1.165) is 0 Å². The number of amides is 1. The van der Waals surface area contributed by atoms with E-state index in [4.69, 9.17) is 23.2 Å². The number of alkyl halides is 2. The molecule has 96 valence electrons. The van der Waals surface area contributed by atoms with Gasteiger partial charge in [-0.1, -0.05) is 23.2 Å². The third-order valence-corrected chi connectivity index (χ3v) is 3.75. The van der Waals surface area contributed by atoms with E-state index in [1.54, 1.807) is 23.7 Å². The number of nitrogens with zero attached hydrogens (tertiary/aromatic N) is 2. The predicted octanol–water partition coefficient (Wildman–Crippen LogP) is 3.46. The molecule has 0 fully saturated rings. The van der Waals surface area contributed by atoms with Gasteiger partial charge in [-0.2, -0.15) is 0 Å². The molecule has 1 heterocycles. The van der Waals surface area contributed by atoms with Gasteiger partial charge >= 0.3 is 0 Å². The van der Waals surface area contributed by atoms with E-state index in [9.17, 15) is 9.18 Å². The van der Waals surface area contributed by atoms with Gasteiger partial charge in [-0.3, -0.25) is 10.1 Å². The Hall–Kier alpha value is -0.850. The van der Waals surface area contributed by atoms with Crippen LogP contribution in [0.2, 0.25) is 5.02 Å². The Bertz CT molecular complexity index is 629. The van der Waals surface area contributed by atoms with Crippen LogP contribution < -0.4 is 5.32 Å². The van der Waals surface area contributed by atoms with Gasteiger partial charge in [0.1, 0.15) is 0 Å². The summed E-state index contributed by atoms with van der Waals surface area (Å²) in [6.45, 7) is 0. The van der Waals surface area contributed by atoms with E-state index in [1.165, 1.54) is 0 Å². The molecule has 1 aromatic heterocycles. The minimum atomic E-state index is -2.11. The van der Waals surface area contributed by atoms with Crippen LogP contribution in [-0.4, -0.2) is 21.1 Å². The number of hydrogen-bond acceptors (Lipinski definition) is 2. The summed E-state index contributed by atoms with van der Waals surface area (Å²) in [5.74, 6) is -0.757. The second kappa shape index (κ2) is 5.03. The lowest BCUT2D eigenvalue weighted by Gasteiger charge is -2.04. The molecule has 4 nitrogen and oxygen atoms in total. The summed E-state index contributed by atoms with van der Waals surface area (Å²) in [5.41, 5.74) is -0.780. The highest BCUT2D eigenvalue weighted by Crippen LogP contribution is 2.29. The van der Waals surface area contributed by atoms with Crippen LogP contribution in [0.15, 0.2) is 16.6 Å². The average molecular weight is 355 g/mol. The molecule has 0 aliphatic rings. The van der Waals surface area contributed by atoms with Crippen LogP contribution in [0, 0.1) is 0 Å². The van der Waals surface area contributed by atoms with Gasteiger partial charge in [0.15, 0.2) is 0 Å². The number of nitrogens with one attached hydrogen (secondary N) is 1. The molecule has 0 aliphatic carbocycles. The van der Waals surface area contributed by atoms with Crippen molar-refractivity contribution in [1.82, 2.24) is 9.55 Å². The number of carbonyl (C=O) groups excluding carboxylic acids is 1. The van der Waals surface area contributed by atoms with Crippen LogP contribution in [-0.2, 0) is 11.8 Å². The minimum absolute atomic E-state index is 0.201. The van der Waals surface area contributed by atoms with E-state index < -0.39 is 11.5 Å². The number of imidazole rings is 1. The molecule has 0 aliphatic heterocycles. The van der Waals surface area contributed by atoms with E-state index in [1.807, 2.05) is 0 Å². The maximum Gasteiger partial charge on any atom is 0.276 e. The van der Waals surface area contributed by atoms with Crippen LogP contribution in [0.4, 0.5) is 10.3 Å². The number of fused-ring (bicyclic) bond motifs is 1. The zero-order chi connectivity index (χ0) is 13.4. The molecule has 0 saturated heterocycles. The molecule has 1 N–H and O–H groups in total. The molecule has 1 amide bonds. The molecule has 2 rings (SSSR count). The lowest BCUT2D eigenvalue weighted by Crippen LogP contribution is -2.21. The quantitative estimate of drug-likeness (QED) is 0.839. The Balaban J connectivity index is 2.47. The molecule has 2 aromatic rings. The Labute approximate surface area is 120 Å². The molecule has 18 heavy (non-hydrogen) atoms. The molecule has 1 atom stereocenters. The SMILES string of the molecule is Cn1c(NC(=O)C(F)Cl)nc2cc(Br)c(Cl)cc21. The van der Waals surface area contributed by atoms with Gasteiger partial charge in [-0.25, -0.2) is 9.37 Å². The van der Waals surface area contributed by atoms with Crippen LogP contribution in [0.1, 0.15) is 0 Å². The first-order chi connectivity index (χ1) is 8.40. The average Bonchev–Trinajstić information content (AvgIpc) is 2.57. The van der Waals surface area contributed by atoms with Crippen LogP contribution in [0.5, 0.6) is 0 Å². The van der Waals surface area contributed by atoms with E-state index in [2.05, 4.69) is 26.2 Å². The smallest absolute Gasteiger partial charge is 0.276 e. The van der Waals surface area contributed by atoms with Crippen LogP contribution in [0.3, 0.4) is 0 Å². The molecule has 1 aromatic carbocycles. The fourth-order valence-corrected chi connectivity index (χ4v) is 2.01. The van der Waals surface area contributed by atoms with Crippen molar-refractivity contribution in [3.63, 3.8) is 0 Å². The second-order valence-corrected chi connectivity index (χ2v) is 5.18. The number of carbonyl (C=O) groups is 1. The zero-order valence-corrected chi connectivity index (χ0v) is 12.1. The van der Waals surface area contributed by atoms with Crippen molar-refractivity contribution in [1.29, 1.82) is 0 Å². The van der Waals surface area contributed by atoms with Gasteiger partial charge in [-0.05, 0) is 28.1 Å². The molecule has 0 bridgehead atoms. The van der Waals surface area contributed by atoms with Gasteiger partial charge in [0.2, 0.25) is 5.95 Å². The summed E-state index contributed by atoms with van der Waals surface area (Å²) in [6.07, 6.45) is 0. The minimum Gasteiger partial charge on any atom is -0.313 e. The first-order valence-electron chi connectivity index (χ1n) is 4.80. The van der Waals surface area contributed by atoms with Crippen molar-refractivity contribution >= 4 is 62.0 Å². The first-order valence-corrected chi connectivity index (χ1v) is 6.41. The lowest BCUT2D eigenvalue weighted by atomic mass is 10.3. The largest absolute Gasteiger partial charge is 0.313 e. The van der Waals surface area contributed by atoms with Crippen molar-refractivity contribution in [2.45, 2.75) is 5.63 Å². The normalized spacial score (nSPS) is 12.7. The standard InChI is InChI=1S/C10H7BrCl2FN3O/c1-17-7-3-5(12)4(11)2-6(7)15-10(17)16-9(18)8(13)14/h2-3,8H,1H3,(H,15,16,18). The molecular formula is C10H7BrCl2FN3O. The Morgan fingerprint density at radius 1 is 1.61 bits per heavy atom. The van der Waals surface area contributed by atoms with Crippen LogP contribution in [0.25, 0.3) is 11.0 Å². The summed E-state index contributed by atoms with van der Waals surface area (Å²) >= 11 is 14.3. The molecule has 1 unspecified atom stereocenters. The summed E-state index contributed by atoms with van der Waals surface area (Å²) in [7, 11) is 1.68. The second-order valence-electron chi connectivity index (χ2n) is 3.54. The number of rotatable bonds is 2. The highest BCUT2D eigenvalue weighted by atomic mass is 79.9. The lowest BCUT2D eigenvalue weighted by molar-refractivity contribution is -0.118. The maximum atomic E-state index is 12.6. The summed E-state index contributed by atoms with van der Waals surface area (Å²) < 4.78 is 14.9. The molecule has 8 heteroatoms. The van der Waals surface area contributed by atoms with E-state index in [-0.39, 0.29) is 5.95 Å². The number of halogens is 4. The van der Waals surface area contributed by atoms with Gasteiger partial charge in [0.05, 0.1) is 16.1 Å². The highest BCUT2D eigenvalue weighted by molar-refractivity contribution is 9.10. The van der Waals surface area contributed by atoms with E-state index >= 15 is 0 Å². The number of benzene rings is 1. The third-order valence-electron chi connectivity index (χ3n) is 2.36. The Kier molecular flexibility index (Phi) is 3.79. The van der Waals surface area contributed by atoms with Crippen molar-refractivity contribution in [3.8, 4) is 0 Å². The maximum absolute atomic E-state index is 12.6. The molecule has 0 radical (unpaired) electrons. The number of aromatic nitrogens is 2. The Morgan fingerprint density at radius 3 is 2.89 bits per heavy atom. The van der Waals surface area contributed by atoms with E-state index in [0.29, 0.717) is 20.5 Å². The molecule has 0 spiro atoms. The molecule has 0 saturated carbocycles. The van der Waals surface area contributed by atoms with Crippen molar-refractivity contribution in [2.24, 2.45) is 7.05 Å². The fourth-order valence-electron chi connectivity index (χ4n) is 1.46. The number of aryl methyl sites for hydroxylation is 1. The first kappa shape index (κ1) is 13.6. The van der Waals surface area contributed by atoms with Crippen molar-refractivity contribution in [3.05, 3.63) is 21.6 Å². The zero-order valence-electron chi connectivity index (χ0n) is 9.05. The van der Waals surface area contributed by atoms with Crippen molar-refractivity contribution in [2.75, 3.05) is 5.32 Å². The summed E-state index contributed by atoms with van der Waals surface area (Å²) in [6, 6.07) is 3.40. The van der Waals surface area contributed by atoms with Crippen LogP contribution >= 0.6 is 39.1 Å².